The zero-order valence-corrected chi connectivity index (χ0v) is 12.8. The van der Waals surface area contributed by atoms with Crippen molar-refractivity contribution in [1.29, 1.82) is 0 Å². The average molecular weight is 306 g/mol. The molecule has 0 radical (unpaired) electrons. The van der Waals surface area contributed by atoms with E-state index in [0.29, 0.717) is 0 Å². The molecule has 0 spiro atoms. The molecule has 0 saturated carbocycles. The van der Waals surface area contributed by atoms with Crippen LogP contribution in [0.15, 0.2) is 12.2 Å². The molecule has 5 nitrogen and oxygen atoms in total. The van der Waals surface area contributed by atoms with Crippen molar-refractivity contribution in [3.63, 3.8) is 0 Å². The first-order valence-electron chi connectivity index (χ1n) is 4.94. The molecule has 0 fully saturated rings. The lowest BCUT2D eigenvalue weighted by Gasteiger charge is -2.27. The van der Waals surface area contributed by atoms with Crippen molar-refractivity contribution in [2.45, 2.75) is 26.0 Å². The summed E-state index contributed by atoms with van der Waals surface area (Å²) in [5, 5.41) is 0. The van der Waals surface area contributed by atoms with Crippen LogP contribution in [0.1, 0.15) is 0 Å². The van der Waals surface area contributed by atoms with Crippen LogP contribution in [0, 0.1) is 0 Å². The molecule has 0 aromatic carbocycles. The Bertz CT molecular complexity index is 280. The van der Waals surface area contributed by atoms with Crippen LogP contribution < -0.4 is 0 Å². The molecule has 0 aliphatic rings. The molecule has 0 aromatic heterocycles. The van der Waals surface area contributed by atoms with Gasteiger partial charge in [-0.25, -0.2) is 17.7 Å². The first-order chi connectivity index (χ1) is 8.19. The summed E-state index contributed by atoms with van der Waals surface area (Å²) in [5.41, 5.74) is 0. The van der Waals surface area contributed by atoms with Gasteiger partial charge in [-0.2, -0.15) is 0 Å². The van der Waals surface area contributed by atoms with Crippen molar-refractivity contribution in [2.24, 2.45) is 0 Å². The Morgan fingerprint density at radius 1 is 1.11 bits per heavy atom. The van der Waals surface area contributed by atoms with Crippen molar-refractivity contribution in [1.82, 2.24) is 0 Å². The van der Waals surface area contributed by atoms with E-state index in [1.807, 2.05) is 0 Å². The Hall–Kier alpha value is -0.236. The predicted molar refractivity (Wildman–Crippen MR) is 61.6 cm³/mol. The summed E-state index contributed by atoms with van der Waals surface area (Å²) in [6, 6.07) is 0. The Morgan fingerprint density at radius 3 is 1.94 bits per heavy atom. The lowest BCUT2D eigenvalue weighted by Crippen LogP contribution is -2.51. The Balaban J connectivity index is 4.71. The fourth-order valence-electron chi connectivity index (χ4n) is 0.676. The third-order valence-electron chi connectivity index (χ3n) is 1.46. The Morgan fingerprint density at radius 2 is 1.61 bits per heavy atom. The molecule has 0 heterocycles. The molecule has 0 aliphatic carbocycles. The van der Waals surface area contributed by atoms with E-state index in [-0.39, 0.29) is 0 Å². The highest BCUT2D eigenvalue weighted by molar-refractivity contribution is 6.70. The van der Waals surface area contributed by atoms with Crippen molar-refractivity contribution < 1.29 is 35.6 Å². The smallest absolute Gasteiger partial charge is 0.353 e. The third-order valence-corrected chi connectivity index (χ3v) is 4.00. The van der Waals surface area contributed by atoms with Crippen LogP contribution in [-0.4, -0.2) is 37.9 Å². The van der Waals surface area contributed by atoms with Gasteiger partial charge in [0.15, 0.2) is 5.83 Å². The Labute approximate surface area is 106 Å². The van der Waals surface area contributed by atoms with Gasteiger partial charge in [0.1, 0.15) is 6.33 Å². The molecule has 1 unspecified atom stereocenters. The van der Waals surface area contributed by atoms with Gasteiger partial charge < -0.3 is 13.3 Å². The molecule has 1 atom stereocenters. The maximum Gasteiger partial charge on any atom is 0.709 e. The third kappa shape index (κ3) is 6.08. The maximum atomic E-state index is 13.1. The second-order valence-corrected chi connectivity index (χ2v) is 10.7. The van der Waals surface area contributed by atoms with Gasteiger partial charge in [0, 0.05) is 14.2 Å². The summed E-state index contributed by atoms with van der Waals surface area (Å²) in [5.74, 6) is -1.75. The first kappa shape index (κ1) is 17.8. The number of rotatable bonds is 8. The summed E-state index contributed by atoms with van der Waals surface area (Å²) in [6.07, 6.45) is -3.25. The van der Waals surface area contributed by atoms with Crippen LogP contribution in [0.4, 0.5) is 13.2 Å². The second-order valence-electron chi connectivity index (χ2n) is 4.12. The minimum absolute atomic E-state index is 0.561. The van der Waals surface area contributed by atoms with Crippen molar-refractivity contribution in [2.75, 3.05) is 14.2 Å². The summed E-state index contributed by atoms with van der Waals surface area (Å²) in [6.45, 7) is 5.35. The van der Waals surface area contributed by atoms with Gasteiger partial charge in [-0.15, -0.1) is 0 Å². The van der Waals surface area contributed by atoms with Gasteiger partial charge in [0.2, 0.25) is 14.7 Å². The van der Waals surface area contributed by atoms with E-state index < -0.39 is 35.9 Å². The molecule has 0 bridgehead atoms. The van der Waals surface area contributed by atoms with Crippen molar-refractivity contribution in [3.05, 3.63) is 12.2 Å². The van der Waals surface area contributed by atoms with E-state index in [1.165, 1.54) is 0 Å². The predicted octanol–water partition coefficient (Wildman–Crippen LogP) is 2.59. The van der Waals surface area contributed by atoms with Crippen molar-refractivity contribution >= 4 is 17.4 Å². The van der Waals surface area contributed by atoms with Gasteiger partial charge in [0.05, 0.1) is 0 Å². The molecule has 18 heavy (non-hydrogen) atoms. The van der Waals surface area contributed by atoms with E-state index in [9.17, 15) is 13.2 Å². The molecule has 108 valence electrons. The zero-order valence-electron chi connectivity index (χ0n) is 10.8. The van der Waals surface area contributed by atoms with Crippen LogP contribution in [0.5, 0.6) is 0 Å². The molecule has 0 saturated heterocycles. The van der Waals surface area contributed by atoms with Gasteiger partial charge in [-0.05, 0) is 19.6 Å². The minimum Gasteiger partial charge on any atom is -0.353 e. The van der Waals surface area contributed by atoms with Gasteiger partial charge in [-0.1, -0.05) is 0 Å². The summed E-state index contributed by atoms with van der Waals surface area (Å²) in [4.78, 5) is 0. The van der Waals surface area contributed by atoms with E-state index >= 15 is 0 Å². The van der Waals surface area contributed by atoms with E-state index in [1.54, 1.807) is 19.6 Å². The Kier molecular flexibility index (Phi) is 7.28. The number of hydrogen-bond acceptors (Lipinski definition) is 5. The number of alkyl halides is 1. The SMILES string of the molecule is CO[Si](OC)(OO[Si](C)(C)C)OC(F)C(F)=CF. The number of hydrogen-bond donors (Lipinski definition) is 0. The van der Waals surface area contributed by atoms with E-state index in [4.69, 9.17) is 18.0 Å². The van der Waals surface area contributed by atoms with Crippen LogP contribution in [0.2, 0.25) is 19.6 Å². The van der Waals surface area contributed by atoms with Gasteiger partial charge >= 0.3 is 9.05 Å². The van der Waals surface area contributed by atoms with Gasteiger partial charge in [-0.3, -0.25) is 4.58 Å². The quantitative estimate of drug-likeness (QED) is 0.392. The van der Waals surface area contributed by atoms with Crippen LogP contribution >= 0.6 is 0 Å². The normalized spacial score (nSPS) is 15.9. The van der Waals surface area contributed by atoms with E-state index in [0.717, 1.165) is 14.2 Å². The topological polar surface area (TPSA) is 46.2 Å². The highest BCUT2D eigenvalue weighted by Crippen LogP contribution is 2.20. The maximum absolute atomic E-state index is 13.1. The monoisotopic (exact) mass is 306 g/mol. The van der Waals surface area contributed by atoms with Gasteiger partial charge in [0.25, 0.3) is 0 Å². The largest absolute Gasteiger partial charge is 0.709 e. The van der Waals surface area contributed by atoms with Crippen LogP contribution in [0.3, 0.4) is 0 Å². The molecule has 0 rings (SSSR count). The fourth-order valence-corrected chi connectivity index (χ4v) is 2.98. The molecular weight excluding hydrogens is 289 g/mol. The molecule has 10 heteroatoms. The second kappa shape index (κ2) is 7.38. The minimum atomic E-state index is -4.01. The lowest BCUT2D eigenvalue weighted by atomic mass is 10.6. The summed E-state index contributed by atoms with van der Waals surface area (Å²) < 4.78 is 61.4. The lowest BCUT2D eigenvalue weighted by molar-refractivity contribution is -0.214. The molecule has 0 aromatic rings. The average Bonchev–Trinajstić information content (AvgIpc) is 2.32. The zero-order chi connectivity index (χ0) is 14.4. The molecule has 0 amide bonds. The highest BCUT2D eigenvalue weighted by Gasteiger charge is 2.50. The standard InChI is InChI=1S/C8H17F3O5Si2/c1-12-18(13-2,16-15-17(3,4)5)14-8(11)7(10)6-9/h6,8H,1-5H3. The molecule has 0 aliphatic heterocycles. The first-order valence-corrected chi connectivity index (χ1v) is 9.98. The fraction of sp³-hybridized carbons (Fsp3) is 0.750. The van der Waals surface area contributed by atoms with Crippen LogP contribution in [-0.2, 0) is 22.4 Å². The van der Waals surface area contributed by atoms with E-state index in [2.05, 4.69) is 4.43 Å². The number of halogens is 3. The van der Waals surface area contributed by atoms with Crippen molar-refractivity contribution in [3.8, 4) is 0 Å². The highest BCUT2D eigenvalue weighted by atomic mass is 28.4. The molecule has 0 N–H and O–H groups in total. The molecular formula is C8H17F3O5Si2. The summed E-state index contributed by atoms with van der Waals surface area (Å²) >= 11 is 0. The van der Waals surface area contributed by atoms with Crippen LogP contribution in [0.25, 0.3) is 0 Å². The summed E-state index contributed by atoms with van der Waals surface area (Å²) in [7, 11) is -3.89.